The van der Waals surface area contributed by atoms with Crippen LogP contribution in [0.25, 0.3) is 0 Å². The number of aromatic amines is 1. The van der Waals surface area contributed by atoms with Gasteiger partial charge in [0.1, 0.15) is 12.7 Å². The molecule has 25 heavy (non-hydrogen) atoms. The highest BCUT2D eigenvalue weighted by Gasteiger charge is 2.20. The van der Waals surface area contributed by atoms with Crippen molar-refractivity contribution in [3.8, 4) is 0 Å². The van der Waals surface area contributed by atoms with E-state index in [0.29, 0.717) is 5.56 Å². The van der Waals surface area contributed by atoms with E-state index in [-0.39, 0.29) is 6.61 Å². The van der Waals surface area contributed by atoms with Gasteiger partial charge in [0.2, 0.25) is 0 Å². The number of esters is 1. The summed E-state index contributed by atoms with van der Waals surface area (Å²) in [6, 6.07) is 9.37. The van der Waals surface area contributed by atoms with Crippen LogP contribution in [-0.4, -0.2) is 51.7 Å². The Bertz CT molecular complexity index is 800. The number of nitrogens with one attached hydrogen (secondary N) is 1. The van der Waals surface area contributed by atoms with Gasteiger partial charge >= 0.3 is 11.7 Å². The van der Waals surface area contributed by atoms with E-state index in [4.69, 9.17) is 9.47 Å². The first-order chi connectivity index (χ1) is 12.0. The number of benzene rings is 1. The molecule has 3 N–H and O–H groups in total. The molecule has 0 spiro atoms. The van der Waals surface area contributed by atoms with Crippen molar-refractivity contribution < 1.29 is 24.5 Å². The van der Waals surface area contributed by atoms with Crippen molar-refractivity contribution >= 4 is 5.97 Å². The lowest BCUT2D eigenvalue weighted by Gasteiger charge is -2.23. The molecule has 0 fully saturated rings. The van der Waals surface area contributed by atoms with Gasteiger partial charge in [0.05, 0.1) is 18.8 Å². The largest absolute Gasteiger partial charge is 0.459 e. The highest BCUT2D eigenvalue weighted by Crippen LogP contribution is 2.09. The molecule has 0 saturated carbocycles. The quantitative estimate of drug-likeness (QED) is 0.535. The number of carbonyl (C=O) groups excluding carboxylic acids is 1. The fourth-order valence-electron chi connectivity index (χ4n) is 2.03. The Hall–Kier alpha value is -2.75. The number of hydrogen-bond donors (Lipinski definition) is 3. The second-order valence-electron chi connectivity index (χ2n) is 5.06. The number of hydrogen-bond acceptors (Lipinski definition) is 7. The van der Waals surface area contributed by atoms with Gasteiger partial charge in [-0.3, -0.25) is 14.3 Å². The van der Waals surface area contributed by atoms with Crippen molar-refractivity contribution in [2.24, 2.45) is 0 Å². The maximum Gasteiger partial charge on any atom is 0.338 e. The van der Waals surface area contributed by atoms with Gasteiger partial charge < -0.3 is 19.7 Å². The average molecular weight is 350 g/mol. The fourth-order valence-corrected chi connectivity index (χ4v) is 2.03. The summed E-state index contributed by atoms with van der Waals surface area (Å²) in [7, 11) is 0. The number of aromatic nitrogens is 2. The molecule has 1 heterocycles. The van der Waals surface area contributed by atoms with Gasteiger partial charge in [0.15, 0.2) is 6.23 Å². The average Bonchev–Trinajstić information content (AvgIpc) is 2.63. The van der Waals surface area contributed by atoms with Crippen molar-refractivity contribution in [3.63, 3.8) is 0 Å². The summed E-state index contributed by atoms with van der Waals surface area (Å²) in [6.45, 7) is -1.37. The van der Waals surface area contributed by atoms with E-state index in [1.165, 1.54) is 0 Å². The van der Waals surface area contributed by atoms with Crippen molar-refractivity contribution in [3.05, 3.63) is 69.0 Å². The third kappa shape index (κ3) is 5.11. The zero-order chi connectivity index (χ0) is 18.2. The predicted molar refractivity (Wildman–Crippen MR) is 86.1 cm³/mol. The third-order valence-electron chi connectivity index (χ3n) is 3.28. The molecular formula is C16H18N2O7. The minimum atomic E-state index is -1.16. The second kappa shape index (κ2) is 8.92. The first kappa shape index (κ1) is 18.6. The number of nitrogens with zero attached hydrogens (tertiary/aromatic N) is 1. The molecule has 2 aromatic rings. The summed E-state index contributed by atoms with van der Waals surface area (Å²) in [5.41, 5.74) is -1.02. The number of rotatable bonds is 8. The molecule has 9 heteroatoms. The van der Waals surface area contributed by atoms with Gasteiger partial charge in [0, 0.05) is 12.3 Å². The molecule has 2 atom stereocenters. The van der Waals surface area contributed by atoms with E-state index < -0.39 is 42.8 Å². The van der Waals surface area contributed by atoms with Crippen LogP contribution in [0, 0.1) is 0 Å². The summed E-state index contributed by atoms with van der Waals surface area (Å²) < 4.78 is 11.4. The van der Waals surface area contributed by atoms with Crippen LogP contribution < -0.4 is 11.2 Å². The Morgan fingerprint density at radius 2 is 1.84 bits per heavy atom. The molecule has 1 aromatic carbocycles. The maximum absolute atomic E-state index is 11.9. The lowest BCUT2D eigenvalue weighted by Crippen LogP contribution is -2.37. The molecule has 0 aliphatic carbocycles. The Kier molecular flexibility index (Phi) is 6.63. The molecule has 0 saturated heterocycles. The van der Waals surface area contributed by atoms with Crippen molar-refractivity contribution in [1.82, 2.24) is 9.55 Å². The van der Waals surface area contributed by atoms with Gasteiger partial charge in [-0.1, -0.05) is 18.2 Å². The van der Waals surface area contributed by atoms with Crippen molar-refractivity contribution in [2.75, 3.05) is 19.8 Å². The zero-order valence-electron chi connectivity index (χ0n) is 13.2. The Balaban J connectivity index is 2.01. The van der Waals surface area contributed by atoms with Crippen LogP contribution >= 0.6 is 0 Å². The van der Waals surface area contributed by atoms with E-state index >= 15 is 0 Å². The monoisotopic (exact) mass is 350 g/mol. The van der Waals surface area contributed by atoms with Crippen molar-refractivity contribution in [2.45, 2.75) is 12.3 Å². The summed E-state index contributed by atoms with van der Waals surface area (Å²) in [5.74, 6) is -0.593. The van der Waals surface area contributed by atoms with E-state index in [2.05, 4.69) is 0 Å². The summed E-state index contributed by atoms with van der Waals surface area (Å²) >= 11 is 0. The molecule has 0 aliphatic rings. The van der Waals surface area contributed by atoms with Gasteiger partial charge in [-0.15, -0.1) is 0 Å². The first-order valence-corrected chi connectivity index (χ1v) is 7.46. The normalized spacial score (nSPS) is 13.2. The molecule has 2 rings (SSSR count). The number of carbonyl (C=O) groups is 1. The SMILES string of the molecule is O=C(OC[C@@H](CO)O[C@H](CO)n1ccc(=O)[nH]c1=O)c1ccccc1. The first-order valence-electron chi connectivity index (χ1n) is 7.46. The lowest BCUT2D eigenvalue weighted by atomic mass is 10.2. The zero-order valence-corrected chi connectivity index (χ0v) is 13.2. The minimum Gasteiger partial charge on any atom is -0.459 e. The van der Waals surface area contributed by atoms with Crippen molar-refractivity contribution in [1.29, 1.82) is 0 Å². The summed E-state index contributed by atoms with van der Waals surface area (Å²) in [6.07, 6.45) is -0.965. The Morgan fingerprint density at radius 1 is 1.12 bits per heavy atom. The lowest BCUT2D eigenvalue weighted by molar-refractivity contribution is -0.115. The Morgan fingerprint density at radius 3 is 2.44 bits per heavy atom. The number of ether oxygens (including phenoxy) is 2. The molecular weight excluding hydrogens is 332 g/mol. The molecule has 0 unspecified atom stereocenters. The molecule has 0 amide bonds. The molecule has 0 aliphatic heterocycles. The van der Waals surface area contributed by atoms with E-state index in [0.717, 1.165) is 16.8 Å². The topological polar surface area (TPSA) is 131 Å². The minimum absolute atomic E-state index is 0.279. The molecule has 1 aromatic heterocycles. The van der Waals surface area contributed by atoms with Crippen LogP contribution in [0.3, 0.4) is 0 Å². The predicted octanol–water partition coefficient (Wildman–Crippen LogP) is -0.738. The van der Waals surface area contributed by atoms with E-state index in [1.807, 2.05) is 4.98 Å². The van der Waals surface area contributed by atoms with Gasteiger partial charge in [-0.05, 0) is 12.1 Å². The number of aliphatic hydroxyl groups excluding tert-OH is 2. The smallest absolute Gasteiger partial charge is 0.338 e. The van der Waals surface area contributed by atoms with E-state index in [1.54, 1.807) is 30.3 Å². The van der Waals surface area contributed by atoms with Gasteiger partial charge in [-0.2, -0.15) is 0 Å². The molecule has 0 bridgehead atoms. The number of H-pyrrole nitrogens is 1. The van der Waals surface area contributed by atoms with Crippen LogP contribution in [0.5, 0.6) is 0 Å². The number of aliphatic hydroxyl groups is 2. The van der Waals surface area contributed by atoms with Gasteiger partial charge in [-0.25, -0.2) is 9.59 Å². The summed E-state index contributed by atoms with van der Waals surface area (Å²) in [5, 5.41) is 18.8. The molecule has 0 radical (unpaired) electrons. The van der Waals surface area contributed by atoms with Gasteiger partial charge in [0.25, 0.3) is 5.56 Å². The maximum atomic E-state index is 11.9. The summed E-state index contributed by atoms with van der Waals surface area (Å²) in [4.78, 5) is 36.7. The standard InChI is InChI=1S/C16H18N2O7/c19-8-12(10-24-15(22)11-4-2-1-3-5-11)25-14(9-20)18-7-6-13(21)17-16(18)23/h1-7,12,14,19-20H,8-10H2,(H,17,21,23)/t12-,14-/m1/s1. The molecule has 134 valence electrons. The highest BCUT2D eigenvalue weighted by atomic mass is 16.6. The third-order valence-corrected chi connectivity index (χ3v) is 3.28. The molecule has 9 nitrogen and oxygen atoms in total. The van der Waals surface area contributed by atoms with Crippen LogP contribution in [-0.2, 0) is 9.47 Å². The van der Waals surface area contributed by atoms with Crippen LogP contribution in [0.4, 0.5) is 0 Å². The van der Waals surface area contributed by atoms with Crippen LogP contribution in [0.15, 0.2) is 52.2 Å². The fraction of sp³-hybridized carbons (Fsp3) is 0.312. The second-order valence-corrected chi connectivity index (χ2v) is 5.06. The highest BCUT2D eigenvalue weighted by molar-refractivity contribution is 5.89. The Labute approximate surface area is 142 Å². The van der Waals surface area contributed by atoms with Crippen LogP contribution in [0.1, 0.15) is 16.6 Å². The van der Waals surface area contributed by atoms with Crippen LogP contribution in [0.2, 0.25) is 0 Å². The van der Waals surface area contributed by atoms with E-state index in [9.17, 15) is 24.6 Å².